The van der Waals surface area contributed by atoms with Gasteiger partial charge >= 0.3 is 0 Å². The number of benzene rings is 2. The fourth-order valence-electron chi connectivity index (χ4n) is 4.91. The van der Waals surface area contributed by atoms with Crippen molar-refractivity contribution < 1.29 is 9.13 Å². The van der Waals surface area contributed by atoms with Gasteiger partial charge in [-0.05, 0) is 80.1 Å². The van der Waals surface area contributed by atoms with Gasteiger partial charge in [0, 0.05) is 31.1 Å². The molecule has 0 saturated heterocycles. The maximum atomic E-state index is 14.1. The summed E-state index contributed by atoms with van der Waals surface area (Å²) in [6, 6.07) is 13.4. The summed E-state index contributed by atoms with van der Waals surface area (Å²) in [6.07, 6.45) is 12.5. The van der Waals surface area contributed by atoms with Crippen LogP contribution in [0.15, 0.2) is 65.7 Å². The molecule has 1 atom stereocenters. The van der Waals surface area contributed by atoms with Gasteiger partial charge in [0.15, 0.2) is 0 Å². The van der Waals surface area contributed by atoms with Crippen LogP contribution < -0.4 is 15.4 Å². The van der Waals surface area contributed by atoms with E-state index in [4.69, 9.17) is 9.73 Å². The van der Waals surface area contributed by atoms with Gasteiger partial charge < -0.3 is 20.3 Å². The third kappa shape index (κ3) is 6.00. The second-order valence-corrected chi connectivity index (χ2v) is 10.9. The maximum Gasteiger partial charge on any atom is 0.139 e. The summed E-state index contributed by atoms with van der Waals surface area (Å²) in [5, 5.41) is 8.21. The molecule has 0 bridgehead atoms. The predicted molar refractivity (Wildman–Crippen MR) is 158 cm³/mol. The molecule has 2 aliphatic rings. The van der Waals surface area contributed by atoms with Gasteiger partial charge in [0.2, 0.25) is 0 Å². The lowest BCUT2D eigenvalue weighted by Crippen LogP contribution is -2.37. The Bertz CT molecular complexity index is 1380. The van der Waals surface area contributed by atoms with Gasteiger partial charge in [-0.25, -0.2) is 9.38 Å². The second-order valence-electron chi connectivity index (χ2n) is 9.86. The monoisotopic (exact) mass is 530 g/mol. The van der Waals surface area contributed by atoms with Crippen LogP contribution in [0.25, 0.3) is 6.08 Å². The normalized spacial score (nSPS) is 16.4. The lowest BCUT2D eigenvalue weighted by atomic mass is 10.0. The minimum atomic E-state index is -0.268. The quantitative estimate of drug-likeness (QED) is 0.326. The summed E-state index contributed by atoms with van der Waals surface area (Å²) < 4.78 is 19.5. The van der Waals surface area contributed by atoms with E-state index in [1.807, 2.05) is 12.1 Å². The number of thiophene rings is 1. The van der Waals surface area contributed by atoms with Crippen molar-refractivity contribution in [2.75, 3.05) is 32.6 Å². The van der Waals surface area contributed by atoms with E-state index in [2.05, 4.69) is 65.9 Å². The van der Waals surface area contributed by atoms with Crippen molar-refractivity contribution in [3.8, 4) is 5.75 Å². The lowest BCUT2D eigenvalue weighted by Gasteiger charge is -2.24. The number of aryl methyl sites for hydroxylation is 1. The minimum absolute atomic E-state index is 0.268. The van der Waals surface area contributed by atoms with Crippen LogP contribution in [0.2, 0.25) is 0 Å². The van der Waals surface area contributed by atoms with E-state index in [1.165, 1.54) is 28.1 Å². The third-order valence-electron chi connectivity index (χ3n) is 7.05. The van der Waals surface area contributed by atoms with Crippen LogP contribution in [0.5, 0.6) is 5.75 Å². The van der Waals surface area contributed by atoms with E-state index in [-0.39, 0.29) is 5.82 Å². The summed E-state index contributed by atoms with van der Waals surface area (Å²) in [6.45, 7) is 3.87. The van der Waals surface area contributed by atoms with E-state index in [0.29, 0.717) is 11.7 Å². The Labute approximate surface area is 228 Å². The Balaban J connectivity index is 1.31. The van der Waals surface area contributed by atoms with E-state index in [9.17, 15) is 4.39 Å². The standard InChI is InChI=1S/C31H35FN4OS/c1-21(13-14-22-9-8-10-24(19-22)37-3)33-17-18-36(2)30-29-25-11-6-4-5-7-12-28(25)38-31(29)35-27-20-23(32)15-16-26(27)34-30/h4-5,7-10,12,15-16,19-21,33,35H,6,11,13-14,17-18H2,1-3H3/b5-4-,12-7-/t21-/m1/s1. The molecule has 0 amide bonds. The van der Waals surface area contributed by atoms with Gasteiger partial charge in [-0.15, -0.1) is 11.3 Å². The first-order chi connectivity index (χ1) is 18.5. The molecule has 1 aliphatic carbocycles. The van der Waals surface area contributed by atoms with Gasteiger partial charge in [0.25, 0.3) is 0 Å². The molecule has 0 saturated carbocycles. The summed E-state index contributed by atoms with van der Waals surface area (Å²) in [4.78, 5) is 8.55. The van der Waals surface area contributed by atoms with Crippen molar-refractivity contribution in [1.29, 1.82) is 0 Å². The number of rotatable bonds is 8. The first-order valence-corrected chi connectivity index (χ1v) is 14.1. The van der Waals surface area contributed by atoms with E-state index in [0.717, 1.165) is 66.6 Å². The number of likely N-dealkylation sites (N-methyl/N-ethyl adjacent to an activating group) is 1. The first kappa shape index (κ1) is 26.2. The van der Waals surface area contributed by atoms with Gasteiger partial charge in [-0.3, -0.25) is 0 Å². The number of allylic oxidation sites excluding steroid dienone is 3. The Morgan fingerprint density at radius 1 is 1.21 bits per heavy atom. The maximum absolute atomic E-state index is 14.1. The predicted octanol–water partition coefficient (Wildman–Crippen LogP) is 7.09. The zero-order chi connectivity index (χ0) is 26.5. The Morgan fingerprint density at radius 3 is 2.97 bits per heavy atom. The average molecular weight is 531 g/mol. The molecule has 1 aromatic heterocycles. The number of halogens is 1. The molecule has 3 aromatic rings. The van der Waals surface area contributed by atoms with Crippen LogP contribution in [0, 0.1) is 5.82 Å². The van der Waals surface area contributed by atoms with E-state index in [1.54, 1.807) is 24.5 Å². The zero-order valence-corrected chi connectivity index (χ0v) is 23.1. The fraction of sp³-hybridized carbons (Fsp3) is 0.323. The van der Waals surface area contributed by atoms with E-state index >= 15 is 0 Å². The van der Waals surface area contributed by atoms with Crippen molar-refractivity contribution in [2.45, 2.75) is 38.6 Å². The molecule has 2 aromatic carbocycles. The van der Waals surface area contributed by atoms with Crippen LogP contribution in [0.1, 0.15) is 41.3 Å². The molecule has 5 nitrogen and oxygen atoms in total. The zero-order valence-electron chi connectivity index (χ0n) is 22.3. The molecule has 0 unspecified atom stereocenters. The van der Waals surface area contributed by atoms with E-state index < -0.39 is 0 Å². The first-order valence-electron chi connectivity index (χ1n) is 13.2. The molecule has 0 spiro atoms. The highest BCUT2D eigenvalue weighted by Crippen LogP contribution is 2.43. The number of aliphatic imine (C=N–C) groups is 1. The molecule has 2 N–H and O–H groups in total. The van der Waals surface area contributed by atoms with Crippen LogP contribution in [-0.2, 0) is 12.8 Å². The molecule has 2 heterocycles. The highest BCUT2D eigenvalue weighted by Gasteiger charge is 2.27. The summed E-state index contributed by atoms with van der Waals surface area (Å²) in [5.41, 5.74) is 5.18. The molecule has 7 heteroatoms. The average Bonchev–Trinajstić information content (AvgIpc) is 3.13. The molecule has 38 heavy (non-hydrogen) atoms. The molecule has 5 rings (SSSR count). The van der Waals surface area contributed by atoms with Gasteiger partial charge in [0.05, 0.1) is 24.0 Å². The number of anilines is 2. The molecule has 0 fully saturated rings. The molecular formula is C31H35FN4OS. The smallest absolute Gasteiger partial charge is 0.139 e. The molecule has 198 valence electrons. The van der Waals surface area contributed by atoms with Gasteiger partial charge in [0.1, 0.15) is 22.4 Å². The number of amidine groups is 1. The Hall–Kier alpha value is -3.42. The highest BCUT2D eigenvalue weighted by molar-refractivity contribution is 7.17. The van der Waals surface area contributed by atoms with Gasteiger partial charge in [-0.1, -0.05) is 30.4 Å². The van der Waals surface area contributed by atoms with Crippen molar-refractivity contribution in [3.63, 3.8) is 0 Å². The van der Waals surface area contributed by atoms with Crippen LogP contribution in [0.3, 0.4) is 0 Å². The second kappa shape index (κ2) is 12.0. The number of nitrogens with one attached hydrogen (secondary N) is 2. The summed E-state index contributed by atoms with van der Waals surface area (Å²) >= 11 is 1.71. The largest absolute Gasteiger partial charge is 0.497 e. The molecular weight excluding hydrogens is 495 g/mol. The molecule has 1 aliphatic heterocycles. The van der Waals surface area contributed by atoms with Crippen molar-refractivity contribution in [3.05, 3.63) is 88.1 Å². The summed E-state index contributed by atoms with van der Waals surface area (Å²) in [7, 11) is 3.80. The number of nitrogens with zero attached hydrogens (tertiary/aromatic N) is 2. The van der Waals surface area contributed by atoms with Crippen molar-refractivity contribution >= 4 is 39.6 Å². The van der Waals surface area contributed by atoms with Crippen molar-refractivity contribution in [1.82, 2.24) is 10.2 Å². The Kier molecular flexibility index (Phi) is 8.25. The number of fused-ring (bicyclic) bond motifs is 4. The topological polar surface area (TPSA) is 48.9 Å². The van der Waals surface area contributed by atoms with Crippen LogP contribution in [-0.4, -0.2) is 44.0 Å². The van der Waals surface area contributed by atoms with Crippen molar-refractivity contribution in [2.24, 2.45) is 4.99 Å². The van der Waals surface area contributed by atoms with Crippen LogP contribution in [0.4, 0.5) is 20.8 Å². The highest BCUT2D eigenvalue weighted by atomic mass is 32.1. The molecule has 0 radical (unpaired) electrons. The minimum Gasteiger partial charge on any atom is -0.497 e. The Morgan fingerprint density at radius 2 is 2.11 bits per heavy atom. The van der Waals surface area contributed by atoms with Crippen LogP contribution >= 0.6 is 11.3 Å². The number of hydrogen-bond acceptors (Lipinski definition) is 6. The number of ether oxygens (including phenoxy) is 1. The number of hydrogen-bond donors (Lipinski definition) is 2. The summed E-state index contributed by atoms with van der Waals surface area (Å²) in [5.74, 6) is 1.57. The fourth-order valence-corrected chi connectivity index (χ4v) is 6.08. The number of methoxy groups -OCH3 is 1. The third-order valence-corrected chi connectivity index (χ3v) is 8.17. The lowest BCUT2D eigenvalue weighted by molar-refractivity contribution is 0.413. The van der Waals surface area contributed by atoms with Gasteiger partial charge in [-0.2, -0.15) is 0 Å². The SMILES string of the molecule is COc1cccc(CC[C@@H](C)NCCN(C)C2=Nc3ccc(F)cc3Nc3sc4c(c32)CC/C=C\C=C/4)c1.